The lowest BCUT2D eigenvalue weighted by Gasteiger charge is -2.11. The molecule has 0 bridgehead atoms. The van der Waals surface area contributed by atoms with Gasteiger partial charge in [0.1, 0.15) is 0 Å². The van der Waals surface area contributed by atoms with Gasteiger partial charge in [0, 0.05) is 12.6 Å². The van der Waals surface area contributed by atoms with E-state index in [0.717, 1.165) is 12.0 Å². The number of hydrogen-bond acceptors (Lipinski definition) is 2. The molecule has 0 radical (unpaired) electrons. The number of aliphatic hydroxyl groups is 1. The van der Waals surface area contributed by atoms with Crippen LogP contribution in [0.1, 0.15) is 29.7 Å². The molecular formula is C12H17NO. The maximum absolute atomic E-state index is 9.92. The second kappa shape index (κ2) is 3.71. The molecule has 14 heavy (non-hydrogen) atoms. The van der Waals surface area contributed by atoms with Crippen LogP contribution < -0.4 is 5.32 Å². The molecule has 2 rings (SSSR count). The average molecular weight is 191 g/mol. The van der Waals surface area contributed by atoms with Gasteiger partial charge in [-0.25, -0.2) is 0 Å². The lowest BCUT2D eigenvalue weighted by molar-refractivity contribution is 0.175. The lowest BCUT2D eigenvalue weighted by Crippen LogP contribution is -2.28. The van der Waals surface area contributed by atoms with E-state index >= 15 is 0 Å². The Morgan fingerprint density at radius 2 is 2.21 bits per heavy atom. The van der Waals surface area contributed by atoms with Crippen molar-refractivity contribution in [1.29, 1.82) is 0 Å². The fourth-order valence-corrected chi connectivity index (χ4v) is 2.04. The monoisotopic (exact) mass is 191 g/mol. The van der Waals surface area contributed by atoms with Gasteiger partial charge < -0.3 is 10.4 Å². The van der Waals surface area contributed by atoms with E-state index in [1.54, 1.807) is 0 Å². The van der Waals surface area contributed by atoms with Crippen LogP contribution >= 0.6 is 0 Å². The SMILES string of the molecule is Cc1ccc2c(c1)C(O)CNC(C)C2. The summed E-state index contributed by atoms with van der Waals surface area (Å²) in [5.41, 5.74) is 3.60. The minimum Gasteiger partial charge on any atom is -0.387 e. The van der Waals surface area contributed by atoms with Crippen molar-refractivity contribution in [3.63, 3.8) is 0 Å². The molecule has 2 unspecified atom stereocenters. The third-order valence-corrected chi connectivity index (χ3v) is 2.85. The van der Waals surface area contributed by atoms with Crippen molar-refractivity contribution in [3.05, 3.63) is 34.9 Å². The Labute approximate surface area is 85.0 Å². The number of aryl methyl sites for hydroxylation is 1. The first kappa shape index (κ1) is 9.69. The predicted molar refractivity (Wildman–Crippen MR) is 57.3 cm³/mol. The van der Waals surface area contributed by atoms with Crippen LogP contribution in [0.15, 0.2) is 18.2 Å². The molecule has 0 aliphatic carbocycles. The quantitative estimate of drug-likeness (QED) is 0.652. The summed E-state index contributed by atoms with van der Waals surface area (Å²) in [6.07, 6.45) is 0.655. The number of nitrogens with one attached hydrogen (secondary N) is 1. The lowest BCUT2D eigenvalue weighted by atomic mass is 9.97. The molecule has 1 aromatic carbocycles. The summed E-state index contributed by atoms with van der Waals surface area (Å²) in [6.45, 7) is 4.88. The number of hydrogen-bond donors (Lipinski definition) is 2. The molecule has 2 N–H and O–H groups in total. The average Bonchev–Trinajstić information content (AvgIpc) is 2.29. The molecule has 0 fully saturated rings. The van der Waals surface area contributed by atoms with Gasteiger partial charge >= 0.3 is 0 Å². The number of β-amino-alcohol motifs (C(OH)–C–C–N with tert-alkyl or cyclic N) is 1. The molecule has 1 aliphatic heterocycles. The van der Waals surface area contributed by atoms with Gasteiger partial charge in [-0.05, 0) is 31.4 Å². The molecule has 76 valence electrons. The summed E-state index contributed by atoms with van der Waals surface area (Å²) in [4.78, 5) is 0. The van der Waals surface area contributed by atoms with Gasteiger partial charge in [0.15, 0.2) is 0 Å². The third kappa shape index (κ3) is 1.81. The van der Waals surface area contributed by atoms with E-state index < -0.39 is 0 Å². The van der Waals surface area contributed by atoms with Crippen LogP contribution in [0.3, 0.4) is 0 Å². The summed E-state index contributed by atoms with van der Waals surface area (Å²) in [5, 5.41) is 13.2. The molecule has 2 heteroatoms. The van der Waals surface area contributed by atoms with E-state index in [4.69, 9.17) is 0 Å². The van der Waals surface area contributed by atoms with Crippen molar-refractivity contribution in [2.24, 2.45) is 0 Å². The number of rotatable bonds is 0. The molecule has 0 aromatic heterocycles. The highest BCUT2D eigenvalue weighted by atomic mass is 16.3. The van der Waals surface area contributed by atoms with Crippen molar-refractivity contribution >= 4 is 0 Å². The minimum atomic E-state index is -0.352. The Hall–Kier alpha value is -0.860. The molecule has 2 nitrogen and oxygen atoms in total. The van der Waals surface area contributed by atoms with Crippen LogP contribution in [0, 0.1) is 6.92 Å². The summed E-state index contributed by atoms with van der Waals surface area (Å²) in [6, 6.07) is 6.80. The maximum Gasteiger partial charge on any atom is 0.0917 e. The second-order valence-electron chi connectivity index (χ2n) is 4.23. The fourth-order valence-electron chi connectivity index (χ4n) is 2.04. The highest BCUT2D eigenvalue weighted by Gasteiger charge is 2.18. The van der Waals surface area contributed by atoms with E-state index in [2.05, 4.69) is 37.4 Å². The van der Waals surface area contributed by atoms with E-state index in [1.807, 2.05) is 0 Å². The first-order valence-electron chi connectivity index (χ1n) is 5.17. The molecule has 0 amide bonds. The van der Waals surface area contributed by atoms with Gasteiger partial charge in [-0.15, -0.1) is 0 Å². The van der Waals surface area contributed by atoms with E-state index in [1.165, 1.54) is 11.1 Å². The van der Waals surface area contributed by atoms with E-state index in [-0.39, 0.29) is 6.10 Å². The highest BCUT2D eigenvalue weighted by Crippen LogP contribution is 2.23. The van der Waals surface area contributed by atoms with Crippen LogP contribution in [0.5, 0.6) is 0 Å². The van der Waals surface area contributed by atoms with Gasteiger partial charge in [0.25, 0.3) is 0 Å². The zero-order valence-electron chi connectivity index (χ0n) is 8.75. The Morgan fingerprint density at radius 3 is 3.00 bits per heavy atom. The Bertz CT molecular complexity index is 335. The van der Waals surface area contributed by atoms with Crippen molar-refractivity contribution in [3.8, 4) is 0 Å². The van der Waals surface area contributed by atoms with Gasteiger partial charge in [-0.2, -0.15) is 0 Å². The Balaban J connectivity index is 2.42. The molecule has 0 spiro atoms. The Kier molecular flexibility index (Phi) is 2.57. The van der Waals surface area contributed by atoms with Crippen molar-refractivity contribution in [2.45, 2.75) is 32.4 Å². The number of fused-ring (bicyclic) bond motifs is 1. The fraction of sp³-hybridized carbons (Fsp3) is 0.500. The molecule has 1 heterocycles. The summed E-state index contributed by atoms with van der Waals surface area (Å²) in [5.74, 6) is 0. The van der Waals surface area contributed by atoms with Gasteiger partial charge in [-0.1, -0.05) is 23.8 Å². The smallest absolute Gasteiger partial charge is 0.0917 e. The molecule has 1 aliphatic rings. The van der Waals surface area contributed by atoms with Crippen molar-refractivity contribution in [2.75, 3.05) is 6.54 Å². The first-order valence-corrected chi connectivity index (χ1v) is 5.17. The van der Waals surface area contributed by atoms with Gasteiger partial charge in [-0.3, -0.25) is 0 Å². The molecule has 2 atom stereocenters. The van der Waals surface area contributed by atoms with Crippen LogP contribution in [0.25, 0.3) is 0 Å². The first-order chi connectivity index (χ1) is 6.66. The zero-order chi connectivity index (χ0) is 10.1. The van der Waals surface area contributed by atoms with Gasteiger partial charge in [0.05, 0.1) is 6.10 Å². The normalized spacial score (nSPS) is 26.8. The molecule has 0 saturated carbocycles. The second-order valence-corrected chi connectivity index (χ2v) is 4.23. The topological polar surface area (TPSA) is 32.3 Å². The van der Waals surface area contributed by atoms with E-state index in [0.29, 0.717) is 12.6 Å². The van der Waals surface area contributed by atoms with Crippen molar-refractivity contribution in [1.82, 2.24) is 5.32 Å². The summed E-state index contributed by atoms with van der Waals surface area (Å²) < 4.78 is 0. The predicted octanol–water partition coefficient (Wildman–Crippen LogP) is 1.56. The summed E-state index contributed by atoms with van der Waals surface area (Å²) in [7, 11) is 0. The molecule has 0 saturated heterocycles. The van der Waals surface area contributed by atoms with Crippen LogP contribution in [0.4, 0.5) is 0 Å². The van der Waals surface area contributed by atoms with Crippen LogP contribution in [0.2, 0.25) is 0 Å². The zero-order valence-corrected chi connectivity index (χ0v) is 8.75. The van der Waals surface area contributed by atoms with E-state index in [9.17, 15) is 5.11 Å². The minimum absolute atomic E-state index is 0.352. The van der Waals surface area contributed by atoms with Crippen LogP contribution in [-0.4, -0.2) is 17.7 Å². The summed E-state index contributed by atoms with van der Waals surface area (Å²) >= 11 is 0. The molecule has 1 aromatic rings. The number of aliphatic hydroxyl groups excluding tert-OH is 1. The number of benzene rings is 1. The maximum atomic E-state index is 9.92. The Morgan fingerprint density at radius 1 is 1.43 bits per heavy atom. The van der Waals surface area contributed by atoms with Crippen molar-refractivity contribution < 1.29 is 5.11 Å². The highest BCUT2D eigenvalue weighted by molar-refractivity contribution is 5.34. The largest absolute Gasteiger partial charge is 0.387 e. The molecular weight excluding hydrogens is 174 g/mol. The van der Waals surface area contributed by atoms with Crippen LogP contribution in [-0.2, 0) is 6.42 Å². The third-order valence-electron chi connectivity index (χ3n) is 2.85. The standard InChI is InChI=1S/C12H17NO/c1-8-3-4-10-6-9(2)13-7-12(14)11(10)5-8/h3-5,9,12-14H,6-7H2,1-2H3. The van der Waals surface area contributed by atoms with Gasteiger partial charge in [0.2, 0.25) is 0 Å².